The molecule has 2 atom stereocenters. The van der Waals surface area contributed by atoms with Crippen LogP contribution in [0, 0.1) is 0 Å². The van der Waals surface area contributed by atoms with Gasteiger partial charge in [0.05, 0.1) is 6.61 Å². The average molecular weight is 532 g/mol. The van der Waals surface area contributed by atoms with E-state index in [4.69, 9.17) is 9.47 Å². The molecule has 202 valence electrons. The molecule has 4 aromatic carbocycles. The minimum absolute atomic E-state index is 0.127. The number of esters is 1. The number of hydrogen-bond acceptors (Lipinski definition) is 5. The monoisotopic (exact) mass is 531 g/mol. The second-order valence-corrected chi connectivity index (χ2v) is 10.5. The summed E-state index contributed by atoms with van der Waals surface area (Å²) in [5.74, 6) is 0.640. The summed E-state index contributed by atoms with van der Waals surface area (Å²) in [6.45, 7) is 4.29. The van der Waals surface area contributed by atoms with Gasteiger partial charge in [0, 0.05) is 35.7 Å². The Morgan fingerprint density at radius 2 is 1.68 bits per heavy atom. The number of rotatable bonds is 7. The van der Waals surface area contributed by atoms with Crippen molar-refractivity contribution in [1.29, 1.82) is 0 Å². The maximum absolute atomic E-state index is 14.0. The standard InChI is InChI=1S/C35H33NO4/c1-3-10-32(38)40-30-18-16-24(21-31(30)39-4-2)33-34-26-14-9-8-13-23(26)15-17-27(34)36-28-19-25(20-29(37)35(28)33)22-11-6-5-7-12-22/h5-9,11-18,21,25,33,36H,3-4,10,19-20H2,1-2H3. The van der Waals surface area contributed by atoms with Gasteiger partial charge in [-0.1, -0.05) is 73.7 Å². The summed E-state index contributed by atoms with van der Waals surface area (Å²) in [6, 6.07) is 28.6. The average Bonchev–Trinajstić information content (AvgIpc) is 2.97. The fourth-order valence-electron chi connectivity index (χ4n) is 6.14. The van der Waals surface area contributed by atoms with Gasteiger partial charge in [-0.2, -0.15) is 0 Å². The van der Waals surface area contributed by atoms with Gasteiger partial charge in [-0.15, -0.1) is 0 Å². The molecule has 2 aliphatic rings. The van der Waals surface area contributed by atoms with E-state index >= 15 is 0 Å². The number of hydrogen-bond donors (Lipinski definition) is 1. The predicted molar refractivity (Wildman–Crippen MR) is 158 cm³/mol. The largest absolute Gasteiger partial charge is 0.490 e. The molecule has 1 aliphatic carbocycles. The molecule has 6 rings (SSSR count). The van der Waals surface area contributed by atoms with E-state index in [-0.39, 0.29) is 23.6 Å². The lowest BCUT2D eigenvalue weighted by Gasteiger charge is -2.37. The SMILES string of the molecule is CCCC(=O)Oc1ccc(C2C3=C(CC(c4ccccc4)CC3=O)Nc3ccc4ccccc4c32)cc1OCC. The summed E-state index contributed by atoms with van der Waals surface area (Å²) in [6.07, 6.45) is 2.28. The van der Waals surface area contributed by atoms with E-state index in [0.717, 1.165) is 45.3 Å². The summed E-state index contributed by atoms with van der Waals surface area (Å²) in [4.78, 5) is 26.3. The van der Waals surface area contributed by atoms with Crippen LogP contribution in [0.25, 0.3) is 10.8 Å². The van der Waals surface area contributed by atoms with Crippen molar-refractivity contribution >= 4 is 28.2 Å². The van der Waals surface area contributed by atoms with Crippen molar-refractivity contribution in [2.24, 2.45) is 0 Å². The molecule has 1 N–H and O–H groups in total. The first-order chi connectivity index (χ1) is 19.6. The minimum Gasteiger partial charge on any atom is -0.490 e. The number of ketones is 1. The molecule has 40 heavy (non-hydrogen) atoms. The number of carbonyl (C=O) groups is 2. The molecule has 0 saturated carbocycles. The van der Waals surface area contributed by atoms with E-state index in [1.807, 2.05) is 56.3 Å². The van der Waals surface area contributed by atoms with Crippen LogP contribution in [-0.2, 0) is 9.59 Å². The summed E-state index contributed by atoms with van der Waals surface area (Å²) < 4.78 is 11.6. The van der Waals surface area contributed by atoms with E-state index in [2.05, 4.69) is 41.7 Å². The Bertz CT molecular complexity index is 1620. The number of nitrogens with one attached hydrogen (secondary N) is 1. The number of fused-ring (bicyclic) bond motifs is 3. The molecule has 2 unspecified atom stereocenters. The molecular formula is C35H33NO4. The van der Waals surface area contributed by atoms with Gasteiger partial charge in [0.15, 0.2) is 17.3 Å². The fourth-order valence-corrected chi connectivity index (χ4v) is 6.14. The van der Waals surface area contributed by atoms with E-state index in [9.17, 15) is 9.59 Å². The summed E-state index contributed by atoms with van der Waals surface area (Å²) in [5.41, 5.74) is 6.02. The van der Waals surface area contributed by atoms with Gasteiger partial charge in [-0.05, 0) is 71.3 Å². The number of Topliss-reactive ketones (excluding diaryl/α,β-unsaturated/α-hetero) is 1. The van der Waals surface area contributed by atoms with Crippen LogP contribution in [0.3, 0.4) is 0 Å². The summed E-state index contributed by atoms with van der Waals surface area (Å²) in [7, 11) is 0. The minimum atomic E-state index is -0.284. The van der Waals surface area contributed by atoms with Crippen molar-refractivity contribution in [3.8, 4) is 11.5 Å². The highest BCUT2D eigenvalue weighted by Gasteiger charge is 2.39. The second-order valence-electron chi connectivity index (χ2n) is 10.5. The molecular weight excluding hydrogens is 498 g/mol. The molecule has 1 aliphatic heterocycles. The molecule has 5 nitrogen and oxygen atoms in total. The quantitative estimate of drug-likeness (QED) is 0.194. The highest BCUT2D eigenvalue weighted by atomic mass is 16.6. The van der Waals surface area contributed by atoms with Crippen LogP contribution >= 0.6 is 0 Å². The molecule has 4 aromatic rings. The molecule has 0 radical (unpaired) electrons. The first kappa shape index (κ1) is 25.9. The van der Waals surface area contributed by atoms with Crippen LogP contribution in [0.5, 0.6) is 11.5 Å². The Balaban J connectivity index is 1.51. The molecule has 0 bridgehead atoms. The maximum atomic E-state index is 14.0. The number of carbonyl (C=O) groups excluding carboxylic acids is 2. The molecule has 0 spiro atoms. The van der Waals surface area contributed by atoms with Crippen molar-refractivity contribution < 1.29 is 19.1 Å². The number of benzene rings is 4. The second kappa shape index (κ2) is 11.0. The fraction of sp³-hybridized carbons (Fsp3) is 0.257. The Kier molecular flexibility index (Phi) is 7.12. The van der Waals surface area contributed by atoms with Gasteiger partial charge >= 0.3 is 5.97 Å². The van der Waals surface area contributed by atoms with Crippen LogP contribution in [0.4, 0.5) is 5.69 Å². The zero-order valence-electron chi connectivity index (χ0n) is 22.9. The van der Waals surface area contributed by atoms with Gasteiger partial charge in [0.2, 0.25) is 0 Å². The number of anilines is 1. The van der Waals surface area contributed by atoms with Crippen LogP contribution in [0.2, 0.25) is 0 Å². The summed E-state index contributed by atoms with van der Waals surface area (Å²) in [5, 5.41) is 5.90. The van der Waals surface area contributed by atoms with Gasteiger partial charge in [0.25, 0.3) is 0 Å². The normalized spacial score (nSPS) is 18.1. The van der Waals surface area contributed by atoms with Crippen LogP contribution in [0.15, 0.2) is 96.2 Å². The lowest BCUT2D eigenvalue weighted by atomic mass is 9.71. The van der Waals surface area contributed by atoms with Crippen LogP contribution in [0.1, 0.15) is 68.1 Å². The molecule has 0 aromatic heterocycles. The first-order valence-corrected chi connectivity index (χ1v) is 14.1. The molecule has 5 heteroatoms. The number of allylic oxidation sites excluding steroid dienone is 2. The van der Waals surface area contributed by atoms with Gasteiger partial charge in [-0.25, -0.2) is 0 Å². The Morgan fingerprint density at radius 3 is 2.48 bits per heavy atom. The number of ether oxygens (including phenoxy) is 2. The lowest BCUT2D eigenvalue weighted by Crippen LogP contribution is -2.30. The Morgan fingerprint density at radius 1 is 0.875 bits per heavy atom. The molecule has 0 amide bonds. The molecule has 1 heterocycles. The third kappa shape index (κ3) is 4.77. The van der Waals surface area contributed by atoms with Gasteiger partial charge in [0.1, 0.15) is 0 Å². The van der Waals surface area contributed by atoms with E-state index in [1.165, 1.54) is 5.56 Å². The van der Waals surface area contributed by atoms with Crippen molar-refractivity contribution in [2.45, 2.75) is 51.4 Å². The highest BCUT2D eigenvalue weighted by Crippen LogP contribution is 2.51. The zero-order valence-corrected chi connectivity index (χ0v) is 22.9. The highest BCUT2D eigenvalue weighted by molar-refractivity contribution is 6.04. The van der Waals surface area contributed by atoms with Crippen molar-refractivity contribution in [3.05, 3.63) is 113 Å². The van der Waals surface area contributed by atoms with Crippen molar-refractivity contribution in [1.82, 2.24) is 0 Å². The molecule has 0 fully saturated rings. The van der Waals surface area contributed by atoms with Crippen LogP contribution in [-0.4, -0.2) is 18.4 Å². The van der Waals surface area contributed by atoms with Crippen molar-refractivity contribution in [2.75, 3.05) is 11.9 Å². The van der Waals surface area contributed by atoms with E-state index in [0.29, 0.717) is 37.4 Å². The Hall–Kier alpha value is -4.38. The first-order valence-electron chi connectivity index (χ1n) is 14.1. The predicted octanol–water partition coefficient (Wildman–Crippen LogP) is 7.90. The smallest absolute Gasteiger partial charge is 0.311 e. The van der Waals surface area contributed by atoms with Gasteiger partial charge in [-0.3, -0.25) is 9.59 Å². The third-order valence-electron chi connectivity index (χ3n) is 7.89. The van der Waals surface area contributed by atoms with Crippen LogP contribution < -0.4 is 14.8 Å². The topological polar surface area (TPSA) is 64.6 Å². The maximum Gasteiger partial charge on any atom is 0.311 e. The Labute approximate surface area is 234 Å². The van der Waals surface area contributed by atoms with E-state index < -0.39 is 0 Å². The third-order valence-corrected chi connectivity index (χ3v) is 7.89. The summed E-state index contributed by atoms with van der Waals surface area (Å²) >= 11 is 0. The van der Waals surface area contributed by atoms with Gasteiger partial charge < -0.3 is 14.8 Å². The van der Waals surface area contributed by atoms with Crippen molar-refractivity contribution in [3.63, 3.8) is 0 Å². The molecule has 0 saturated heterocycles. The zero-order chi connectivity index (χ0) is 27.6. The van der Waals surface area contributed by atoms with E-state index in [1.54, 1.807) is 6.07 Å². The lowest BCUT2D eigenvalue weighted by molar-refractivity contribution is -0.134.